The molecule has 0 aliphatic heterocycles. The minimum Gasteiger partial charge on any atom is -0.366 e. The number of benzene rings is 1. The second kappa shape index (κ2) is 6.50. The van der Waals surface area contributed by atoms with Crippen molar-refractivity contribution < 1.29 is 19.6 Å². The molecular weight excluding hydrogens is 250 g/mol. The first-order chi connectivity index (χ1) is 8.97. The van der Waals surface area contributed by atoms with E-state index in [1.54, 1.807) is 6.92 Å². The number of anilines is 1. The fourth-order valence-electron chi connectivity index (χ4n) is 1.52. The van der Waals surface area contributed by atoms with Crippen molar-refractivity contribution in [3.8, 4) is 0 Å². The second-order valence-corrected chi connectivity index (χ2v) is 3.85. The van der Waals surface area contributed by atoms with Crippen LogP contribution < -0.4 is 16.5 Å². The molecule has 0 aromatic heterocycles. The maximum atomic E-state index is 11.3. The Bertz CT molecular complexity index is 514. The van der Waals surface area contributed by atoms with Crippen molar-refractivity contribution in [3.63, 3.8) is 0 Å². The van der Waals surface area contributed by atoms with Gasteiger partial charge in [0.1, 0.15) is 0 Å². The molecule has 102 valence electrons. The lowest BCUT2D eigenvalue weighted by atomic mass is 10.0. The number of carbonyl (C=O) groups is 3. The number of amides is 3. The van der Waals surface area contributed by atoms with E-state index in [2.05, 4.69) is 5.32 Å². The SMILES string of the molecule is CCC(=O)Nc1ccc(C(N)=O)c(CC(=O)NO)c1. The smallest absolute Gasteiger partial charge is 0.248 e. The van der Waals surface area contributed by atoms with E-state index in [0.717, 1.165) is 0 Å². The molecule has 0 fully saturated rings. The van der Waals surface area contributed by atoms with Gasteiger partial charge in [0.15, 0.2) is 0 Å². The Labute approximate surface area is 109 Å². The summed E-state index contributed by atoms with van der Waals surface area (Å²) in [5.74, 6) is -1.56. The van der Waals surface area contributed by atoms with Gasteiger partial charge in [0, 0.05) is 17.7 Å². The molecular formula is C12H15N3O4. The van der Waals surface area contributed by atoms with Crippen LogP contribution in [0.1, 0.15) is 29.3 Å². The molecule has 0 saturated heterocycles. The zero-order valence-corrected chi connectivity index (χ0v) is 10.4. The number of nitrogens with one attached hydrogen (secondary N) is 2. The summed E-state index contributed by atoms with van der Waals surface area (Å²) >= 11 is 0. The number of hydrogen-bond acceptors (Lipinski definition) is 4. The number of nitrogens with two attached hydrogens (primary N) is 1. The van der Waals surface area contributed by atoms with Crippen LogP contribution in [0, 0.1) is 0 Å². The van der Waals surface area contributed by atoms with Crippen molar-refractivity contribution in [1.29, 1.82) is 0 Å². The summed E-state index contributed by atoms with van der Waals surface area (Å²) in [6.07, 6.45) is 0.0919. The maximum Gasteiger partial charge on any atom is 0.248 e. The van der Waals surface area contributed by atoms with Crippen LogP contribution in [0.2, 0.25) is 0 Å². The Kier molecular flexibility index (Phi) is 5.01. The molecule has 1 rings (SSSR count). The Morgan fingerprint density at radius 3 is 2.47 bits per heavy atom. The van der Waals surface area contributed by atoms with Gasteiger partial charge in [-0.25, -0.2) is 5.48 Å². The van der Waals surface area contributed by atoms with E-state index in [-0.39, 0.29) is 17.9 Å². The molecule has 0 aliphatic rings. The fourth-order valence-corrected chi connectivity index (χ4v) is 1.52. The Morgan fingerprint density at radius 1 is 1.26 bits per heavy atom. The van der Waals surface area contributed by atoms with Gasteiger partial charge in [-0.15, -0.1) is 0 Å². The summed E-state index contributed by atoms with van der Waals surface area (Å²) in [5, 5.41) is 11.1. The average molecular weight is 265 g/mol. The zero-order chi connectivity index (χ0) is 14.4. The number of primary amides is 1. The molecule has 0 unspecified atom stereocenters. The van der Waals surface area contributed by atoms with Crippen molar-refractivity contribution in [2.24, 2.45) is 5.73 Å². The van der Waals surface area contributed by atoms with E-state index in [1.807, 2.05) is 0 Å². The van der Waals surface area contributed by atoms with Gasteiger partial charge in [-0.2, -0.15) is 0 Å². The van der Waals surface area contributed by atoms with E-state index in [1.165, 1.54) is 23.7 Å². The van der Waals surface area contributed by atoms with Crippen molar-refractivity contribution in [2.45, 2.75) is 19.8 Å². The summed E-state index contributed by atoms with van der Waals surface area (Å²) in [6.45, 7) is 1.70. The van der Waals surface area contributed by atoms with E-state index in [9.17, 15) is 14.4 Å². The highest BCUT2D eigenvalue weighted by molar-refractivity contribution is 5.97. The standard InChI is InChI=1S/C12H15N3O4/c1-2-10(16)14-8-3-4-9(12(13)18)7(5-8)6-11(17)15-19/h3-5,19H,2,6H2,1H3,(H2,13,18)(H,14,16)(H,15,17). The van der Waals surface area contributed by atoms with Crippen LogP contribution in [0.4, 0.5) is 5.69 Å². The number of hydroxylamine groups is 1. The van der Waals surface area contributed by atoms with Crippen molar-refractivity contribution >= 4 is 23.4 Å². The third-order valence-corrected chi connectivity index (χ3v) is 2.45. The summed E-state index contributed by atoms with van der Waals surface area (Å²) in [4.78, 5) is 33.6. The van der Waals surface area contributed by atoms with Crippen LogP contribution in [-0.2, 0) is 16.0 Å². The monoisotopic (exact) mass is 265 g/mol. The van der Waals surface area contributed by atoms with Crippen LogP contribution in [0.15, 0.2) is 18.2 Å². The third-order valence-electron chi connectivity index (χ3n) is 2.45. The van der Waals surface area contributed by atoms with Gasteiger partial charge >= 0.3 is 0 Å². The second-order valence-electron chi connectivity index (χ2n) is 3.85. The third kappa shape index (κ3) is 4.07. The lowest BCUT2D eigenvalue weighted by Crippen LogP contribution is -2.23. The fraction of sp³-hybridized carbons (Fsp3) is 0.250. The molecule has 0 spiro atoms. The Hall–Kier alpha value is -2.41. The highest BCUT2D eigenvalue weighted by atomic mass is 16.5. The van der Waals surface area contributed by atoms with Gasteiger partial charge < -0.3 is 11.1 Å². The molecule has 0 radical (unpaired) electrons. The Balaban J connectivity index is 3.07. The molecule has 0 aliphatic carbocycles. The van der Waals surface area contributed by atoms with Crippen molar-refractivity contribution in [3.05, 3.63) is 29.3 Å². The highest BCUT2D eigenvalue weighted by Crippen LogP contribution is 2.17. The molecule has 0 atom stereocenters. The quantitative estimate of drug-likeness (QED) is 0.448. The molecule has 1 aromatic carbocycles. The number of hydrogen-bond donors (Lipinski definition) is 4. The lowest BCUT2D eigenvalue weighted by Gasteiger charge is -2.09. The maximum absolute atomic E-state index is 11.3. The van der Waals surface area contributed by atoms with Crippen LogP contribution in [0.25, 0.3) is 0 Å². The summed E-state index contributed by atoms with van der Waals surface area (Å²) < 4.78 is 0. The van der Waals surface area contributed by atoms with Crippen molar-refractivity contribution in [1.82, 2.24) is 5.48 Å². The topological polar surface area (TPSA) is 122 Å². The number of rotatable bonds is 5. The Morgan fingerprint density at radius 2 is 1.95 bits per heavy atom. The van der Waals surface area contributed by atoms with E-state index >= 15 is 0 Å². The van der Waals surface area contributed by atoms with Gasteiger partial charge in [0.2, 0.25) is 17.7 Å². The van der Waals surface area contributed by atoms with Crippen LogP contribution in [0.5, 0.6) is 0 Å². The van der Waals surface area contributed by atoms with Crippen LogP contribution in [-0.4, -0.2) is 22.9 Å². The molecule has 1 aromatic rings. The summed E-state index contributed by atoms with van der Waals surface area (Å²) in [5.41, 5.74) is 7.61. The molecule has 0 heterocycles. The number of carbonyl (C=O) groups excluding carboxylic acids is 3. The average Bonchev–Trinajstić information content (AvgIpc) is 2.38. The van der Waals surface area contributed by atoms with Gasteiger partial charge in [-0.1, -0.05) is 6.92 Å². The largest absolute Gasteiger partial charge is 0.366 e. The minimum absolute atomic E-state index is 0.165. The predicted octanol–water partition coefficient (Wildman–Crippen LogP) is 0.182. The first kappa shape index (κ1) is 14.7. The van der Waals surface area contributed by atoms with Gasteiger partial charge in [0.05, 0.1) is 6.42 Å². The summed E-state index contributed by atoms with van der Waals surface area (Å²) in [6, 6.07) is 4.42. The molecule has 0 saturated carbocycles. The van der Waals surface area contributed by atoms with Gasteiger partial charge in [-0.05, 0) is 23.8 Å². The van der Waals surface area contributed by atoms with Gasteiger partial charge in [0.25, 0.3) is 0 Å². The first-order valence-corrected chi connectivity index (χ1v) is 5.63. The van der Waals surface area contributed by atoms with E-state index in [0.29, 0.717) is 17.7 Å². The minimum atomic E-state index is -0.686. The highest BCUT2D eigenvalue weighted by Gasteiger charge is 2.13. The molecule has 19 heavy (non-hydrogen) atoms. The molecule has 7 heteroatoms. The lowest BCUT2D eigenvalue weighted by molar-refractivity contribution is -0.128. The van der Waals surface area contributed by atoms with Gasteiger partial charge in [-0.3, -0.25) is 19.6 Å². The predicted molar refractivity (Wildman–Crippen MR) is 67.5 cm³/mol. The van der Waals surface area contributed by atoms with E-state index < -0.39 is 11.8 Å². The van der Waals surface area contributed by atoms with Crippen LogP contribution in [0.3, 0.4) is 0 Å². The van der Waals surface area contributed by atoms with Crippen LogP contribution >= 0.6 is 0 Å². The summed E-state index contributed by atoms with van der Waals surface area (Å²) in [7, 11) is 0. The first-order valence-electron chi connectivity index (χ1n) is 5.63. The molecule has 5 N–H and O–H groups in total. The van der Waals surface area contributed by atoms with Crippen molar-refractivity contribution in [2.75, 3.05) is 5.32 Å². The molecule has 7 nitrogen and oxygen atoms in total. The normalized spacial score (nSPS) is 9.79. The van der Waals surface area contributed by atoms with E-state index in [4.69, 9.17) is 10.9 Å². The zero-order valence-electron chi connectivity index (χ0n) is 10.4. The molecule has 3 amide bonds. The molecule has 0 bridgehead atoms.